The molecule has 0 bridgehead atoms. The first-order valence-corrected chi connectivity index (χ1v) is 7.90. The number of imidazole rings is 1. The Labute approximate surface area is 139 Å². The minimum atomic E-state index is -0.522. The number of nitrogens with zero attached hydrogens (tertiary/aromatic N) is 3. The van der Waals surface area contributed by atoms with Gasteiger partial charge in [-0.1, -0.05) is 17.7 Å². The molecule has 0 saturated carbocycles. The average molecular weight is 335 g/mol. The highest BCUT2D eigenvalue weighted by Gasteiger charge is 2.15. The van der Waals surface area contributed by atoms with E-state index >= 15 is 0 Å². The van der Waals surface area contributed by atoms with Gasteiger partial charge in [0.25, 0.3) is 5.91 Å². The van der Waals surface area contributed by atoms with E-state index in [1.165, 1.54) is 5.69 Å². The van der Waals surface area contributed by atoms with Crippen molar-refractivity contribution in [1.82, 2.24) is 14.5 Å². The summed E-state index contributed by atoms with van der Waals surface area (Å²) in [6, 6.07) is 5.62. The Morgan fingerprint density at radius 3 is 3.04 bits per heavy atom. The Bertz CT molecular complexity index is 701. The highest BCUT2D eigenvalue weighted by molar-refractivity contribution is 6.32. The van der Waals surface area contributed by atoms with Crippen LogP contribution in [-0.2, 0) is 24.4 Å². The lowest BCUT2D eigenvalue weighted by atomic mass is 10.2. The second-order valence-electron chi connectivity index (χ2n) is 5.66. The zero-order valence-corrected chi connectivity index (χ0v) is 13.5. The average Bonchev–Trinajstić information content (AvgIpc) is 2.85. The SMILES string of the molecule is NC(=O)COc1ccc(CN2CCCn3cncc3C2)cc1Cl. The van der Waals surface area contributed by atoms with Gasteiger partial charge in [0.1, 0.15) is 5.75 Å². The van der Waals surface area contributed by atoms with Gasteiger partial charge in [0.05, 0.1) is 17.0 Å². The van der Waals surface area contributed by atoms with Crippen LogP contribution in [0.2, 0.25) is 5.02 Å². The summed E-state index contributed by atoms with van der Waals surface area (Å²) in [7, 11) is 0. The van der Waals surface area contributed by atoms with Crippen molar-refractivity contribution in [2.24, 2.45) is 5.73 Å². The molecule has 23 heavy (non-hydrogen) atoms. The molecule has 1 aromatic heterocycles. The smallest absolute Gasteiger partial charge is 0.255 e. The molecular formula is C16H19ClN4O2. The summed E-state index contributed by atoms with van der Waals surface area (Å²) in [5, 5.41) is 0.489. The molecule has 1 aliphatic heterocycles. The van der Waals surface area contributed by atoms with Crippen molar-refractivity contribution < 1.29 is 9.53 Å². The molecule has 0 spiro atoms. The maximum absolute atomic E-state index is 10.8. The largest absolute Gasteiger partial charge is 0.482 e. The Morgan fingerprint density at radius 2 is 2.26 bits per heavy atom. The third-order valence-corrected chi connectivity index (χ3v) is 4.13. The number of primary amides is 1. The molecule has 0 atom stereocenters. The van der Waals surface area contributed by atoms with E-state index in [9.17, 15) is 4.79 Å². The van der Waals surface area contributed by atoms with Gasteiger partial charge in [0.2, 0.25) is 0 Å². The van der Waals surface area contributed by atoms with E-state index in [2.05, 4.69) is 14.5 Å². The third-order valence-electron chi connectivity index (χ3n) is 3.83. The predicted molar refractivity (Wildman–Crippen MR) is 87.1 cm³/mol. The van der Waals surface area contributed by atoms with Crippen LogP contribution in [0.1, 0.15) is 17.7 Å². The van der Waals surface area contributed by atoms with E-state index in [0.717, 1.165) is 38.2 Å². The number of hydrogen-bond acceptors (Lipinski definition) is 4. The first kappa shape index (κ1) is 15.8. The molecule has 1 aliphatic rings. The fourth-order valence-electron chi connectivity index (χ4n) is 2.76. The van der Waals surface area contributed by atoms with Gasteiger partial charge in [0.15, 0.2) is 6.61 Å². The standard InChI is InChI=1S/C16H19ClN4O2/c17-14-6-12(2-3-15(14)23-10-16(18)22)8-20-4-1-5-21-11-19-7-13(21)9-20/h2-3,6-7,11H,1,4-5,8-10H2,(H2,18,22). The van der Waals surface area contributed by atoms with Crippen molar-refractivity contribution in [3.8, 4) is 5.75 Å². The Balaban J connectivity index is 1.66. The first-order valence-electron chi connectivity index (χ1n) is 7.53. The van der Waals surface area contributed by atoms with Gasteiger partial charge >= 0.3 is 0 Å². The van der Waals surface area contributed by atoms with Gasteiger partial charge < -0.3 is 15.0 Å². The molecule has 0 radical (unpaired) electrons. The molecule has 0 fully saturated rings. The number of benzene rings is 1. The summed E-state index contributed by atoms with van der Waals surface area (Å²) < 4.78 is 7.47. The molecular weight excluding hydrogens is 316 g/mol. The van der Waals surface area contributed by atoms with E-state index in [0.29, 0.717) is 10.8 Å². The van der Waals surface area contributed by atoms with Crippen LogP contribution in [0.3, 0.4) is 0 Å². The van der Waals surface area contributed by atoms with Crippen molar-refractivity contribution in [1.29, 1.82) is 0 Å². The monoisotopic (exact) mass is 334 g/mol. The van der Waals surface area contributed by atoms with Crippen LogP contribution in [0.4, 0.5) is 0 Å². The van der Waals surface area contributed by atoms with E-state index in [1.807, 2.05) is 24.7 Å². The zero-order valence-electron chi connectivity index (χ0n) is 12.7. The molecule has 122 valence electrons. The van der Waals surface area contributed by atoms with Crippen LogP contribution in [0.25, 0.3) is 0 Å². The van der Waals surface area contributed by atoms with Gasteiger partial charge in [-0.2, -0.15) is 0 Å². The van der Waals surface area contributed by atoms with Crippen LogP contribution < -0.4 is 10.5 Å². The summed E-state index contributed by atoms with van der Waals surface area (Å²) in [5.41, 5.74) is 7.41. The number of halogens is 1. The lowest BCUT2D eigenvalue weighted by Gasteiger charge is -2.20. The molecule has 3 rings (SSSR count). The quantitative estimate of drug-likeness (QED) is 0.905. The number of aryl methyl sites for hydroxylation is 1. The molecule has 1 amide bonds. The van der Waals surface area contributed by atoms with Gasteiger partial charge in [-0.05, 0) is 24.1 Å². The Morgan fingerprint density at radius 1 is 1.39 bits per heavy atom. The van der Waals surface area contributed by atoms with Crippen molar-refractivity contribution in [2.45, 2.75) is 26.1 Å². The number of aromatic nitrogens is 2. The molecule has 0 aliphatic carbocycles. The topological polar surface area (TPSA) is 73.4 Å². The van der Waals surface area contributed by atoms with Crippen LogP contribution in [-0.4, -0.2) is 33.5 Å². The molecule has 1 aromatic carbocycles. The lowest BCUT2D eigenvalue weighted by molar-refractivity contribution is -0.119. The lowest BCUT2D eigenvalue weighted by Crippen LogP contribution is -2.23. The summed E-state index contributed by atoms with van der Waals surface area (Å²) >= 11 is 6.22. The second kappa shape index (κ2) is 7.02. The Kier molecular flexibility index (Phi) is 4.83. The van der Waals surface area contributed by atoms with E-state index < -0.39 is 5.91 Å². The molecule has 2 N–H and O–H groups in total. The minimum Gasteiger partial charge on any atom is -0.482 e. The molecule has 0 unspecified atom stereocenters. The normalized spacial score (nSPS) is 15.0. The molecule has 7 heteroatoms. The van der Waals surface area contributed by atoms with Crippen molar-refractivity contribution in [3.05, 3.63) is 47.0 Å². The maximum atomic E-state index is 10.8. The molecule has 2 heterocycles. The van der Waals surface area contributed by atoms with Crippen LogP contribution in [0, 0.1) is 0 Å². The fourth-order valence-corrected chi connectivity index (χ4v) is 3.01. The number of amides is 1. The van der Waals surface area contributed by atoms with Crippen LogP contribution >= 0.6 is 11.6 Å². The number of rotatable bonds is 5. The third kappa shape index (κ3) is 4.03. The number of carbonyl (C=O) groups excluding carboxylic acids is 1. The number of carbonyl (C=O) groups is 1. The summed E-state index contributed by atoms with van der Waals surface area (Å²) in [4.78, 5) is 17.3. The van der Waals surface area contributed by atoms with Gasteiger partial charge in [-0.3, -0.25) is 9.69 Å². The van der Waals surface area contributed by atoms with Crippen molar-refractivity contribution in [2.75, 3.05) is 13.2 Å². The van der Waals surface area contributed by atoms with Crippen LogP contribution in [0.15, 0.2) is 30.7 Å². The molecule has 0 saturated heterocycles. The van der Waals surface area contributed by atoms with E-state index in [4.69, 9.17) is 22.1 Å². The number of nitrogens with two attached hydrogens (primary N) is 1. The zero-order chi connectivity index (χ0) is 16.2. The summed E-state index contributed by atoms with van der Waals surface area (Å²) in [6.45, 7) is 3.54. The van der Waals surface area contributed by atoms with Gasteiger partial charge in [-0.25, -0.2) is 4.98 Å². The highest BCUT2D eigenvalue weighted by atomic mass is 35.5. The molecule has 6 nitrogen and oxygen atoms in total. The summed E-state index contributed by atoms with van der Waals surface area (Å²) in [6.07, 6.45) is 4.91. The molecule has 2 aromatic rings. The maximum Gasteiger partial charge on any atom is 0.255 e. The van der Waals surface area contributed by atoms with Crippen LogP contribution in [0.5, 0.6) is 5.75 Å². The number of ether oxygens (including phenoxy) is 1. The van der Waals surface area contributed by atoms with E-state index in [1.54, 1.807) is 6.07 Å². The second-order valence-corrected chi connectivity index (χ2v) is 6.07. The van der Waals surface area contributed by atoms with E-state index in [-0.39, 0.29) is 6.61 Å². The Hall–Kier alpha value is -2.05. The van der Waals surface area contributed by atoms with Crippen molar-refractivity contribution >= 4 is 17.5 Å². The summed E-state index contributed by atoms with van der Waals surface area (Å²) in [5.74, 6) is -0.0468. The highest BCUT2D eigenvalue weighted by Crippen LogP contribution is 2.26. The fraction of sp³-hybridized carbons (Fsp3) is 0.375. The first-order chi connectivity index (χ1) is 11.1. The van der Waals surface area contributed by atoms with Crippen molar-refractivity contribution in [3.63, 3.8) is 0 Å². The van der Waals surface area contributed by atoms with Gasteiger partial charge in [0, 0.05) is 32.4 Å². The predicted octanol–water partition coefficient (Wildman–Crippen LogP) is 1.81. The minimum absolute atomic E-state index is 0.171. The number of fused-ring (bicyclic) bond motifs is 1. The number of hydrogen-bond donors (Lipinski definition) is 1. The van der Waals surface area contributed by atoms with Gasteiger partial charge in [-0.15, -0.1) is 0 Å².